The Morgan fingerprint density at radius 2 is 1.21 bits per heavy atom. The second-order valence-electron chi connectivity index (χ2n) is 7.03. The van der Waals surface area contributed by atoms with Crippen molar-refractivity contribution in [3.8, 4) is 0 Å². The molecule has 3 nitrogen and oxygen atoms in total. The second kappa shape index (κ2) is 9.68. The number of hydrogen-bond donors (Lipinski definition) is 0. The van der Waals surface area contributed by atoms with Crippen LogP contribution in [0.5, 0.6) is 0 Å². The molecule has 0 saturated carbocycles. The molecule has 1 aliphatic rings. The van der Waals surface area contributed by atoms with Gasteiger partial charge < -0.3 is 17.3 Å². The van der Waals surface area contributed by atoms with E-state index in [1.165, 1.54) is 17.2 Å². The predicted molar refractivity (Wildman–Crippen MR) is 109 cm³/mol. The number of piperazine rings is 1. The van der Waals surface area contributed by atoms with Crippen LogP contribution in [0.15, 0.2) is 84.9 Å². The summed E-state index contributed by atoms with van der Waals surface area (Å²) in [5.41, 5.74) is 2.63. The molecule has 1 amide bonds. The highest BCUT2D eigenvalue weighted by molar-refractivity contribution is 5.94. The van der Waals surface area contributed by atoms with Crippen LogP contribution in [0, 0.1) is 5.82 Å². The van der Waals surface area contributed by atoms with Crippen molar-refractivity contribution < 1.29 is 21.6 Å². The molecule has 1 heterocycles. The van der Waals surface area contributed by atoms with Crippen molar-refractivity contribution in [1.82, 2.24) is 9.80 Å². The summed E-state index contributed by atoms with van der Waals surface area (Å²) in [6.45, 7) is 2.66. The molecule has 0 radical (unpaired) electrons. The van der Waals surface area contributed by atoms with Crippen molar-refractivity contribution in [2.24, 2.45) is 0 Å². The first-order valence-corrected chi connectivity index (χ1v) is 9.62. The fourth-order valence-corrected chi connectivity index (χ4v) is 3.87. The molecule has 150 valence electrons. The lowest BCUT2D eigenvalue weighted by Gasteiger charge is -2.39. The van der Waals surface area contributed by atoms with Crippen LogP contribution in [-0.2, 0) is 0 Å². The van der Waals surface area contributed by atoms with Crippen LogP contribution in [0.1, 0.15) is 27.5 Å². The van der Waals surface area contributed by atoms with E-state index in [9.17, 15) is 9.18 Å². The topological polar surface area (TPSA) is 23.6 Å². The highest BCUT2D eigenvalue weighted by atomic mass is 35.5. The van der Waals surface area contributed by atoms with Crippen molar-refractivity contribution in [3.05, 3.63) is 107 Å². The highest BCUT2D eigenvalue weighted by Gasteiger charge is 2.29. The largest absolute Gasteiger partial charge is 1.00 e. The molecule has 1 fully saturated rings. The minimum absolute atomic E-state index is 0. The van der Waals surface area contributed by atoms with Gasteiger partial charge in [0.2, 0.25) is 0 Å². The van der Waals surface area contributed by atoms with E-state index in [4.69, 9.17) is 0 Å². The molecule has 1 aliphatic heterocycles. The number of nitrogens with zero attached hydrogens (tertiary/aromatic N) is 2. The Balaban J connectivity index is 0.00000240. The van der Waals surface area contributed by atoms with E-state index in [2.05, 4.69) is 53.4 Å². The molecule has 1 saturated heterocycles. The van der Waals surface area contributed by atoms with Gasteiger partial charge in [0.25, 0.3) is 5.91 Å². The van der Waals surface area contributed by atoms with Gasteiger partial charge in [-0.15, -0.1) is 0 Å². The van der Waals surface area contributed by atoms with Crippen molar-refractivity contribution in [2.45, 2.75) is 6.04 Å². The van der Waals surface area contributed by atoms with E-state index in [0.717, 1.165) is 13.1 Å². The Labute approximate surface area is 177 Å². The SMILES string of the molecule is O=C(c1ccccc1F)N1CCN(C(c2ccccc2)c2ccccc2)CC1.[Cl-]. The normalized spacial score (nSPS) is 14.5. The summed E-state index contributed by atoms with van der Waals surface area (Å²) < 4.78 is 14.0. The standard InChI is InChI=1S/C24H23FN2O.ClH/c25-22-14-8-7-13-21(22)24(28)27-17-15-26(16-18-27)23(19-9-3-1-4-10-19)20-11-5-2-6-12-20;/h1-14,23H,15-18H2;1H/p-1. The summed E-state index contributed by atoms with van der Waals surface area (Å²) >= 11 is 0. The minimum atomic E-state index is -0.457. The maximum absolute atomic E-state index is 14.0. The Morgan fingerprint density at radius 1 is 0.724 bits per heavy atom. The average Bonchev–Trinajstić information content (AvgIpc) is 2.76. The van der Waals surface area contributed by atoms with Gasteiger partial charge in [0, 0.05) is 26.2 Å². The predicted octanol–water partition coefficient (Wildman–Crippen LogP) is 1.38. The van der Waals surface area contributed by atoms with Crippen molar-refractivity contribution >= 4 is 5.91 Å². The van der Waals surface area contributed by atoms with Crippen LogP contribution in [-0.4, -0.2) is 41.9 Å². The zero-order chi connectivity index (χ0) is 19.3. The molecule has 5 heteroatoms. The molecule has 0 N–H and O–H groups in total. The molecule has 0 bridgehead atoms. The van der Waals surface area contributed by atoms with Gasteiger partial charge in [0.1, 0.15) is 5.82 Å². The number of amides is 1. The van der Waals surface area contributed by atoms with Gasteiger partial charge in [-0.05, 0) is 23.3 Å². The number of halogens is 2. The zero-order valence-electron chi connectivity index (χ0n) is 16.0. The maximum Gasteiger partial charge on any atom is 0.256 e. The molecular weight excluding hydrogens is 387 g/mol. The van der Waals surface area contributed by atoms with Gasteiger partial charge in [-0.25, -0.2) is 4.39 Å². The fraction of sp³-hybridized carbons (Fsp3) is 0.208. The van der Waals surface area contributed by atoms with Crippen LogP contribution in [0.3, 0.4) is 0 Å². The summed E-state index contributed by atoms with van der Waals surface area (Å²) in [5, 5.41) is 0. The smallest absolute Gasteiger partial charge is 0.256 e. The van der Waals surface area contributed by atoms with E-state index in [1.807, 2.05) is 12.1 Å². The molecule has 0 aliphatic carbocycles. The fourth-order valence-electron chi connectivity index (χ4n) is 3.87. The Morgan fingerprint density at radius 3 is 1.72 bits per heavy atom. The van der Waals surface area contributed by atoms with Gasteiger partial charge in [0.05, 0.1) is 11.6 Å². The maximum atomic E-state index is 14.0. The molecule has 0 spiro atoms. The molecule has 3 aromatic carbocycles. The lowest BCUT2D eigenvalue weighted by molar-refractivity contribution is -0.0000175. The van der Waals surface area contributed by atoms with Gasteiger partial charge in [-0.3, -0.25) is 9.69 Å². The first-order chi connectivity index (χ1) is 13.7. The zero-order valence-corrected chi connectivity index (χ0v) is 16.8. The average molecular weight is 410 g/mol. The second-order valence-corrected chi connectivity index (χ2v) is 7.03. The van der Waals surface area contributed by atoms with Crippen molar-refractivity contribution in [2.75, 3.05) is 26.2 Å². The first-order valence-electron chi connectivity index (χ1n) is 9.62. The van der Waals surface area contributed by atoms with Crippen LogP contribution < -0.4 is 12.4 Å². The molecular formula is C24H23ClFN2O-. The third-order valence-electron chi connectivity index (χ3n) is 5.30. The van der Waals surface area contributed by atoms with Crippen molar-refractivity contribution in [1.29, 1.82) is 0 Å². The lowest BCUT2D eigenvalue weighted by atomic mass is 9.96. The lowest BCUT2D eigenvalue weighted by Crippen LogP contribution is -3.00. The van der Waals surface area contributed by atoms with E-state index in [0.29, 0.717) is 13.1 Å². The molecule has 0 aromatic heterocycles. The van der Waals surface area contributed by atoms with E-state index < -0.39 is 5.82 Å². The summed E-state index contributed by atoms with van der Waals surface area (Å²) in [5.74, 6) is -0.685. The summed E-state index contributed by atoms with van der Waals surface area (Å²) in [6.07, 6.45) is 0. The first kappa shape index (κ1) is 21.0. The molecule has 29 heavy (non-hydrogen) atoms. The third kappa shape index (κ3) is 4.66. The molecule has 4 rings (SSSR count). The Hall–Kier alpha value is -2.69. The number of rotatable bonds is 4. The third-order valence-corrected chi connectivity index (χ3v) is 5.30. The number of benzene rings is 3. The number of hydrogen-bond acceptors (Lipinski definition) is 2. The van der Waals surface area contributed by atoms with Crippen LogP contribution >= 0.6 is 0 Å². The Kier molecular flexibility index (Phi) is 7.02. The summed E-state index contributed by atoms with van der Waals surface area (Å²) in [7, 11) is 0. The van der Waals surface area contributed by atoms with Gasteiger partial charge in [-0.1, -0.05) is 72.8 Å². The highest BCUT2D eigenvalue weighted by Crippen LogP contribution is 2.29. The van der Waals surface area contributed by atoms with Crippen LogP contribution in [0.25, 0.3) is 0 Å². The summed E-state index contributed by atoms with van der Waals surface area (Å²) in [6, 6.07) is 27.2. The minimum Gasteiger partial charge on any atom is -1.00 e. The van der Waals surface area contributed by atoms with Gasteiger partial charge >= 0.3 is 0 Å². The Bertz CT molecular complexity index is 888. The van der Waals surface area contributed by atoms with Gasteiger partial charge in [-0.2, -0.15) is 0 Å². The number of carbonyl (C=O) groups excluding carboxylic acids is 1. The van der Waals surface area contributed by atoms with E-state index in [-0.39, 0.29) is 29.9 Å². The summed E-state index contributed by atoms with van der Waals surface area (Å²) in [4.78, 5) is 16.9. The molecule has 0 unspecified atom stereocenters. The van der Waals surface area contributed by atoms with Gasteiger partial charge in [0.15, 0.2) is 0 Å². The van der Waals surface area contributed by atoms with Crippen LogP contribution in [0.4, 0.5) is 4.39 Å². The van der Waals surface area contributed by atoms with Crippen molar-refractivity contribution in [3.63, 3.8) is 0 Å². The molecule has 3 aromatic rings. The monoisotopic (exact) mass is 409 g/mol. The van der Waals surface area contributed by atoms with Crippen LogP contribution in [0.2, 0.25) is 0 Å². The number of carbonyl (C=O) groups is 1. The quantitative estimate of drug-likeness (QED) is 0.650. The molecule has 0 atom stereocenters. The van der Waals surface area contributed by atoms with E-state index >= 15 is 0 Å². The van der Waals surface area contributed by atoms with E-state index in [1.54, 1.807) is 23.1 Å².